The molecule has 0 aliphatic carbocycles. The third kappa shape index (κ3) is 7.03. The molecule has 10 nitrogen and oxygen atoms in total. The summed E-state index contributed by atoms with van der Waals surface area (Å²) < 4.78 is 5.85. The summed E-state index contributed by atoms with van der Waals surface area (Å²) >= 11 is 0. The summed E-state index contributed by atoms with van der Waals surface area (Å²) in [6.45, 7) is -0.422. The summed E-state index contributed by atoms with van der Waals surface area (Å²) in [4.78, 5) is 48.2. The van der Waals surface area contributed by atoms with E-state index in [0.717, 1.165) is 11.1 Å². The highest BCUT2D eigenvalue weighted by atomic mass is 16.6. The lowest BCUT2D eigenvalue weighted by atomic mass is 10.00. The molecule has 7 rings (SSSR count). The Balaban J connectivity index is 1.23. The van der Waals surface area contributed by atoms with E-state index in [1.54, 1.807) is 36.4 Å². The fourth-order valence-corrected chi connectivity index (χ4v) is 5.95. The Morgan fingerprint density at radius 1 is 0.686 bits per heavy atom. The summed E-state index contributed by atoms with van der Waals surface area (Å²) in [6, 6.07) is 40.8. The fraction of sp³-hybridized carbons (Fsp3) is 0.0732. The standard InChI is InChI=1S/C41H30N4O6/c46-39(28-19-21-29(22-20-28)45(49)50)38(44-40(47)32-23-36(26-11-3-1-4-12-26)42-34-17-9-7-15-30(32)34)25-51-41(48)33-24-37(27-13-5-2-6-14-27)43-35-18-10-8-16-31(33)35/h1-24,38-39,46H,25H2,(H,44,47). The lowest BCUT2D eigenvalue weighted by molar-refractivity contribution is -0.384. The molecular formula is C41H30N4O6. The number of para-hydroxylation sites is 2. The predicted molar refractivity (Wildman–Crippen MR) is 194 cm³/mol. The topological polar surface area (TPSA) is 145 Å². The molecule has 51 heavy (non-hydrogen) atoms. The minimum Gasteiger partial charge on any atom is -0.460 e. The van der Waals surface area contributed by atoms with Crippen molar-refractivity contribution in [3.05, 3.63) is 172 Å². The first-order valence-corrected chi connectivity index (χ1v) is 16.2. The Hall–Kier alpha value is -6.78. The van der Waals surface area contributed by atoms with Crippen LogP contribution >= 0.6 is 0 Å². The Morgan fingerprint density at radius 3 is 1.73 bits per heavy atom. The van der Waals surface area contributed by atoms with Gasteiger partial charge in [-0.05, 0) is 42.0 Å². The van der Waals surface area contributed by atoms with E-state index in [-0.39, 0.29) is 16.8 Å². The number of ether oxygens (including phenoxy) is 1. The highest BCUT2D eigenvalue weighted by Gasteiger charge is 2.28. The first-order valence-electron chi connectivity index (χ1n) is 16.2. The molecule has 0 aliphatic rings. The van der Waals surface area contributed by atoms with E-state index in [0.29, 0.717) is 38.8 Å². The van der Waals surface area contributed by atoms with Gasteiger partial charge in [-0.15, -0.1) is 0 Å². The minimum absolute atomic E-state index is 0.159. The van der Waals surface area contributed by atoms with Crippen molar-refractivity contribution in [1.82, 2.24) is 15.3 Å². The summed E-state index contributed by atoms with van der Waals surface area (Å²) in [6.07, 6.45) is -1.40. The number of carbonyl (C=O) groups is 2. The average molecular weight is 675 g/mol. The number of carbonyl (C=O) groups excluding carboxylic acids is 2. The SMILES string of the molecule is O=C(NC(COC(=O)c1cc(-c2ccccc2)nc2ccccc12)C(O)c1ccc([N+](=O)[O-])cc1)c1cc(-c2ccccc2)nc2ccccc12. The average Bonchev–Trinajstić information content (AvgIpc) is 3.18. The molecular weight excluding hydrogens is 644 g/mol. The Labute approximate surface area is 292 Å². The summed E-state index contributed by atoms with van der Waals surface area (Å²) in [7, 11) is 0. The van der Waals surface area contributed by atoms with E-state index in [4.69, 9.17) is 14.7 Å². The first kappa shape index (κ1) is 32.8. The van der Waals surface area contributed by atoms with Gasteiger partial charge in [-0.2, -0.15) is 0 Å². The van der Waals surface area contributed by atoms with Gasteiger partial charge in [0.25, 0.3) is 11.6 Å². The monoisotopic (exact) mass is 674 g/mol. The van der Waals surface area contributed by atoms with Crippen LogP contribution in [0.25, 0.3) is 44.3 Å². The van der Waals surface area contributed by atoms with E-state index in [2.05, 4.69) is 5.32 Å². The van der Waals surface area contributed by atoms with Crippen LogP contribution in [0.15, 0.2) is 146 Å². The third-order valence-electron chi connectivity index (χ3n) is 8.57. The molecule has 2 N–H and O–H groups in total. The third-order valence-corrected chi connectivity index (χ3v) is 8.57. The quantitative estimate of drug-likeness (QED) is 0.0853. The van der Waals surface area contributed by atoms with Crippen LogP contribution in [0.5, 0.6) is 0 Å². The fourth-order valence-electron chi connectivity index (χ4n) is 5.95. The van der Waals surface area contributed by atoms with Crippen molar-refractivity contribution in [1.29, 1.82) is 0 Å². The largest absolute Gasteiger partial charge is 0.460 e. The summed E-state index contributed by atoms with van der Waals surface area (Å²) in [5.41, 5.74) is 4.68. The number of fused-ring (bicyclic) bond motifs is 2. The Bertz CT molecular complexity index is 2380. The molecule has 1 amide bonds. The molecule has 2 atom stereocenters. The number of esters is 1. The number of non-ortho nitro benzene ring substituents is 1. The molecule has 2 heterocycles. The zero-order valence-corrected chi connectivity index (χ0v) is 27.0. The number of aromatic nitrogens is 2. The lowest BCUT2D eigenvalue weighted by Crippen LogP contribution is -2.43. The maximum absolute atomic E-state index is 14.1. The predicted octanol–water partition coefficient (Wildman–Crippen LogP) is 7.71. The molecule has 0 bridgehead atoms. The van der Waals surface area contributed by atoms with Crippen molar-refractivity contribution >= 4 is 39.4 Å². The molecule has 0 aliphatic heterocycles. The van der Waals surface area contributed by atoms with Crippen molar-refractivity contribution in [3.63, 3.8) is 0 Å². The second kappa shape index (κ2) is 14.4. The number of nitrogens with zero attached hydrogens (tertiary/aromatic N) is 3. The van der Waals surface area contributed by atoms with Gasteiger partial charge in [0.15, 0.2) is 0 Å². The van der Waals surface area contributed by atoms with Gasteiger partial charge in [0, 0.05) is 34.0 Å². The number of nitro benzene ring substituents is 1. The summed E-state index contributed by atoms with van der Waals surface area (Å²) in [5, 5.41) is 26.9. The molecule has 2 aromatic heterocycles. The number of hydrogen-bond acceptors (Lipinski definition) is 8. The van der Waals surface area contributed by atoms with Gasteiger partial charge in [-0.3, -0.25) is 14.9 Å². The number of nitrogens with one attached hydrogen (secondary N) is 1. The highest BCUT2D eigenvalue weighted by Crippen LogP contribution is 2.28. The highest BCUT2D eigenvalue weighted by molar-refractivity contribution is 6.07. The Kier molecular flexibility index (Phi) is 9.23. The van der Waals surface area contributed by atoms with Crippen molar-refractivity contribution in [2.75, 3.05) is 6.61 Å². The van der Waals surface area contributed by atoms with Crippen molar-refractivity contribution in [2.45, 2.75) is 12.1 Å². The number of pyridine rings is 2. The minimum atomic E-state index is -1.40. The number of aliphatic hydroxyl groups is 1. The first-order chi connectivity index (χ1) is 24.9. The number of nitro groups is 1. The second-order valence-corrected chi connectivity index (χ2v) is 11.8. The molecule has 0 saturated heterocycles. The van der Waals surface area contributed by atoms with E-state index in [1.165, 1.54) is 24.3 Å². The molecule has 7 aromatic rings. The molecule has 5 aromatic carbocycles. The molecule has 0 fully saturated rings. The normalized spacial score (nSPS) is 12.3. The van der Waals surface area contributed by atoms with Crippen LogP contribution < -0.4 is 5.32 Å². The van der Waals surface area contributed by atoms with E-state index < -0.39 is 35.6 Å². The van der Waals surface area contributed by atoms with Crippen LogP contribution in [0.3, 0.4) is 0 Å². The Morgan fingerprint density at radius 2 is 1.18 bits per heavy atom. The van der Waals surface area contributed by atoms with Crippen LogP contribution in [0.2, 0.25) is 0 Å². The van der Waals surface area contributed by atoms with Gasteiger partial charge in [-0.25, -0.2) is 14.8 Å². The van der Waals surface area contributed by atoms with Crippen LogP contribution in [0, 0.1) is 10.1 Å². The molecule has 2 unspecified atom stereocenters. The van der Waals surface area contributed by atoms with Gasteiger partial charge < -0.3 is 15.2 Å². The number of rotatable bonds is 10. The molecule has 10 heteroatoms. The van der Waals surface area contributed by atoms with Crippen molar-refractivity contribution in [3.8, 4) is 22.5 Å². The smallest absolute Gasteiger partial charge is 0.338 e. The van der Waals surface area contributed by atoms with E-state index >= 15 is 0 Å². The summed E-state index contributed by atoms with van der Waals surface area (Å²) in [5.74, 6) is -1.21. The van der Waals surface area contributed by atoms with Crippen LogP contribution in [0.4, 0.5) is 5.69 Å². The maximum atomic E-state index is 14.1. The molecule has 0 spiro atoms. The van der Waals surface area contributed by atoms with Gasteiger partial charge in [0.2, 0.25) is 0 Å². The number of aliphatic hydroxyl groups excluding tert-OH is 1. The lowest BCUT2D eigenvalue weighted by Gasteiger charge is -2.25. The number of benzene rings is 5. The molecule has 0 radical (unpaired) electrons. The van der Waals surface area contributed by atoms with Crippen molar-refractivity contribution < 1.29 is 24.4 Å². The van der Waals surface area contributed by atoms with E-state index in [9.17, 15) is 24.8 Å². The van der Waals surface area contributed by atoms with Crippen molar-refractivity contribution in [2.24, 2.45) is 0 Å². The van der Waals surface area contributed by atoms with Crippen LogP contribution in [-0.4, -0.2) is 44.5 Å². The number of amides is 1. The van der Waals surface area contributed by atoms with Gasteiger partial charge in [-0.1, -0.05) is 97.1 Å². The number of hydrogen-bond donors (Lipinski definition) is 2. The molecule has 250 valence electrons. The maximum Gasteiger partial charge on any atom is 0.338 e. The van der Waals surface area contributed by atoms with Gasteiger partial charge in [0.1, 0.15) is 12.7 Å². The second-order valence-electron chi connectivity index (χ2n) is 11.8. The van der Waals surface area contributed by atoms with Crippen LogP contribution in [-0.2, 0) is 4.74 Å². The van der Waals surface area contributed by atoms with Crippen LogP contribution in [0.1, 0.15) is 32.4 Å². The van der Waals surface area contributed by atoms with Gasteiger partial charge >= 0.3 is 5.97 Å². The van der Waals surface area contributed by atoms with E-state index in [1.807, 2.05) is 84.9 Å². The zero-order valence-electron chi connectivity index (χ0n) is 27.0. The zero-order chi connectivity index (χ0) is 35.3. The molecule has 0 saturated carbocycles. The van der Waals surface area contributed by atoms with Gasteiger partial charge in [0.05, 0.1) is 44.5 Å².